The normalized spacial score (nSPS) is 18.2. The highest BCUT2D eigenvalue weighted by molar-refractivity contribution is 5.86. The van der Waals surface area contributed by atoms with E-state index in [9.17, 15) is 24.9 Å². The summed E-state index contributed by atoms with van der Waals surface area (Å²) in [5.74, 6) is -2.21. The van der Waals surface area contributed by atoms with Gasteiger partial charge in [0.05, 0.1) is 13.0 Å². The standard InChI is InChI=1S/C9H16O8/c10-3-5(12)8(16)9(17)7(15)4(11)1-2-6(13)14/h5,7-10,12,15-17H,1-3H2,(H,13,14)/t5-,7+,8-,9-/m1/s1. The van der Waals surface area contributed by atoms with Crippen LogP contribution in [0.4, 0.5) is 0 Å². The molecule has 6 N–H and O–H groups in total. The highest BCUT2D eigenvalue weighted by atomic mass is 16.4. The average Bonchev–Trinajstić information content (AvgIpc) is 2.31. The Morgan fingerprint density at radius 2 is 1.47 bits per heavy atom. The smallest absolute Gasteiger partial charge is 0.303 e. The number of aliphatic hydroxyl groups excluding tert-OH is 5. The molecular formula is C9H16O8. The Balaban J connectivity index is 4.32. The minimum atomic E-state index is -2.01. The second-order valence-corrected chi connectivity index (χ2v) is 3.54. The fourth-order valence-corrected chi connectivity index (χ4v) is 1.09. The first kappa shape index (κ1) is 15.9. The molecule has 0 unspecified atom stereocenters. The van der Waals surface area contributed by atoms with Crippen LogP contribution < -0.4 is 0 Å². The zero-order valence-corrected chi connectivity index (χ0v) is 8.93. The summed E-state index contributed by atoms with van der Waals surface area (Å²) in [6.07, 6.45) is -8.61. The van der Waals surface area contributed by atoms with Crippen LogP contribution in [0.1, 0.15) is 12.8 Å². The Labute approximate surface area is 96.7 Å². The second kappa shape index (κ2) is 7.30. The number of aliphatic hydroxyl groups is 5. The number of rotatable bonds is 8. The molecule has 17 heavy (non-hydrogen) atoms. The Hall–Kier alpha value is -1.06. The third-order valence-corrected chi connectivity index (χ3v) is 2.17. The maximum absolute atomic E-state index is 11.2. The number of carbonyl (C=O) groups excluding carboxylic acids is 1. The zero-order valence-electron chi connectivity index (χ0n) is 8.93. The first-order valence-corrected chi connectivity index (χ1v) is 4.88. The molecule has 100 valence electrons. The quantitative estimate of drug-likeness (QED) is 0.264. The van der Waals surface area contributed by atoms with Gasteiger partial charge in [0.25, 0.3) is 0 Å². The van der Waals surface area contributed by atoms with Crippen molar-refractivity contribution < 1.29 is 40.2 Å². The fourth-order valence-electron chi connectivity index (χ4n) is 1.09. The lowest BCUT2D eigenvalue weighted by atomic mass is 9.98. The number of carboxylic acids is 1. The van der Waals surface area contributed by atoms with Crippen molar-refractivity contribution in [2.75, 3.05) is 6.61 Å². The van der Waals surface area contributed by atoms with Crippen LogP contribution in [0, 0.1) is 0 Å². The molecule has 8 heteroatoms. The highest BCUT2D eigenvalue weighted by Crippen LogP contribution is 2.08. The molecule has 0 amide bonds. The van der Waals surface area contributed by atoms with Crippen LogP contribution >= 0.6 is 0 Å². The molecule has 0 saturated carbocycles. The lowest BCUT2D eigenvalue weighted by molar-refractivity contribution is -0.149. The summed E-state index contributed by atoms with van der Waals surface area (Å²) < 4.78 is 0. The van der Waals surface area contributed by atoms with E-state index in [1.807, 2.05) is 0 Å². The molecule has 0 spiro atoms. The monoisotopic (exact) mass is 252 g/mol. The summed E-state index contributed by atoms with van der Waals surface area (Å²) >= 11 is 0. The van der Waals surface area contributed by atoms with E-state index < -0.39 is 55.6 Å². The maximum Gasteiger partial charge on any atom is 0.303 e. The first-order chi connectivity index (χ1) is 7.81. The zero-order chi connectivity index (χ0) is 13.6. The van der Waals surface area contributed by atoms with E-state index in [1.165, 1.54) is 0 Å². The Morgan fingerprint density at radius 3 is 1.88 bits per heavy atom. The van der Waals surface area contributed by atoms with E-state index in [1.54, 1.807) is 0 Å². The van der Waals surface area contributed by atoms with E-state index in [-0.39, 0.29) is 0 Å². The van der Waals surface area contributed by atoms with Crippen LogP contribution in [0.25, 0.3) is 0 Å². The van der Waals surface area contributed by atoms with Crippen molar-refractivity contribution in [2.24, 2.45) is 0 Å². The number of ketones is 1. The molecule has 0 radical (unpaired) electrons. The first-order valence-electron chi connectivity index (χ1n) is 4.88. The molecule has 0 bridgehead atoms. The SMILES string of the molecule is O=C(O)CCC(=O)[C@H](O)[C@@H](O)[C@H](O)[C@H](O)CO. The van der Waals surface area contributed by atoms with E-state index >= 15 is 0 Å². The molecule has 0 aromatic rings. The maximum atomic E-state index is 11.2. The summed E-state index contributed by atoms with van der Waals surface area (Å²) in [5.41, 5.74) is 0. The van der Waals surface area contributed by atoms with Crippen molar-refractivity contribution >= 4 is 11.8 Å². The molecule has 4 atom stereocenters. The van der Waals surface area contributed by atoms with Crippen molar-refractivity contribution in [2.45, 2.75) is 37.3 Å². The van der Waals surface area contributed by atoms with E-state index in [2.05, 4.69) is 0 Å². The van der Waals surface area contributed by atoms with Crippen LogP contribution in [-0.2, 0) is 9.59 Å². The van der Waals surface area contributed by atoms with Gasteiger partial charge in [-0.3, -0.25) is 9.59 Å². The van der Waals surface area contributed by atoms with E-state index in [4.69, 9.17) is 15.3 Å². The number of hydrogen-bond donors (Lipinski definition) is 6. The van der Waals surface area contributed by atoms with Gasteiger partial charge in [0.2, 0.25) is 0 Å². The van der Waals surface area contributed by atoms with Crippen LogP contribution in [0.2, 0.25) is 0 Å². The summed E-state index contributed by atoms with van der Waals surface area (Å²) in [4.78, 5) is 21.3. The summed E-state index contributed by atoms with van der Waals surface area (Å²) in [7, 11) is 0. The van der Waals surface area contributed by atoms with Gasteiger partial charge < -0.3 is 30.6 Å². The van der Waals surface area contributed by atoms with Gasteiger partial charge in [0.15, 0.2) is 5.78 Å². The number of hydrogen-bond acceptors (Lipinski definition) is 7. The van der Waals surface area contributed by atoms with Gasteiger partial charge in [-0.05, 0) is 0 Å². The topological polar surface area (TPSA) is 156 Å². The molecule has 0 rings (SSSR count). The van der Waals surface area contributed by atoms with Crippen LogP contribution in [-0.4, -0.2) is 73.4 Å². The van der Waals surface area contributed by atoms with E-state index in [0.29, 0.717) is 0 Å². The molecule has 0 heterocycles. The predicted octanol–water partition coefficient (Wildman–Crippen LogP) is -3.14. The Morgan fingerprint density at radius 1 is 0.941 bits per heavy atom. The van der Waals surface area contributed by atoms with Crippen molar-refractivity contribution in [1.82, 2.24) is 0 Å². The Kier molecular flexibility index (Phi) is 6.85. The largest absolute Gasteiger partial charge is 0.481 e. The molecule has 0 aromatic carbocycles. The van der Waals surface area contributed by atoms with Gasteiger partial charge in [-0.2, -0.15) is 0 Å². The minimum absolute atomic E-state index is 0.504. The summed E-state index contributed by atoms with van der Waals surface area (Å²) in [6.45, 7) is -0.853. The molecule has 0 aliphatic carbocycles. The molecule has 0 fully saturated rings. The number of aliphatic carboxylic acids is 1. The second-order valence-electron chi connectivity index (χ2n) is 3.54. The third kappa shape index (κ3) is 5.20. The Bertz CT molecular complexity index is 266. The van der Waals surface area contributed by atoms with Gasteiger partial charge >= 0.3 is 5.97 Å². The summed E-state index contributed by atoms with van der Waals surface area (Å²) in [6, 6.07) is 0. The number of carbonyl (C=O) groups is 2. The molecule has 0 aliphatic rings. The molecule has 0 aliphatic heterocycles. The van der Waals surface area contributed by atoms with Crippen molar-refractivity contribution in [3.05, 3.63) is 0 Å². The van der Waals surface area contributed by atoms with Crippen molar-refractivity contribution in [1.29, 1.82) is 0 Å². The van der Waals surface area contributed by atoms with Crippen LogP contribution in [0.3, 0.4) is 0 Å². The van der Waals surface area contributed by atoms with Crippen LogP contribution in [0.15, 0.2) is 0 Å². The van der Waals surface area contributed by atoms with Gasteiger partial charge in [0.1, 0.15) is 24.4 Å². The molecule has 8 nitrogen and oxygen atoms in total. The number of Topliss-reactive ketones (excluding diaryl/α,β-unsaturated/α-hetero) is 1. The minimum Gasteiger partial charge on any atom is -0.481 e. The van der Waals surface area contributed by atoms with Crippen molar-refractivity contribution in [3.63, 3.8) is 0 Å². The average molecular weight is 252 g/mol. The molecule has 0 aromatic heterocycles. The van der Waals surface area contributed by atoms with E-state index in [0.717, 1.165) is 0 Å². The molecule has 0 saturated heterocycles. The predicted molar refractivity (Wildman–Crippen MR) is 53.0 cm³/mol. The lowest BCUT2D eigenvalue weighted by Crippen LogP contribution is -2.48. The lowest BCUT2D eigenvalue weighted by Gasteiger charge is -2.24. The van der Waals surface area contributed by atoms with Gasteiger partial charge in [-0.25, -0.2) is 0 Å². The van der Waals surface area contributed by atoms with Gasteiger partial charge in [-0.1, -0.05) is 0 Å². The number of carboxylic acid groups (broad SMARTS) is 1. The fraction of sp³-hybridized carbons (Fsp3) is 0.778. The third-order valence-electron chi connectivity index (χ3n) is 2.17. The van der Waals surface area contributed by atoms with Crippen molar-refractivity contribution in [3.8, 4) is 0 Å². The highest BCUT2D eigenvalue weighted by Gasteiger charge is 2.33. The van der Waals surface area contributed by atoms with Gasteiger partial charge in [0, 0.05) is 6.42 Å². The van der Waals surface area contributed by atoms with Crippen LogP contribution in [0.5, 0.6) is 0 Å². The summed E-state index contributed by atoms with van der Waals surface area (Å²) in [5, 5.41) is 53.5. The van der Waals surface area contributed by atoms with Gasteiger partial charge in [-0.15, -0.1) is 0 Å². The molecular weight excluding hydrogens is 236 g/mol.